The van der Waals surface area contributed by atoms with E-state index in [0.717, 1.165) is 25.8 Å². The Morgan fingerprint density at radius 3 is 2.84 bits per heavy atom. The Balaban J connectivity index is 1.86. The monoisotopic (exact) mass is 260 g/mol. The van der Waals surface area contributed by atoms with Crippen molar-refractivity contribution in [2.24, 2.45) is 5.92 Å². The molecule has 1 fully saturated rings. The number of carbonyl (C=O) groups is 1. The van der Waals surface area contributed by atoms with Gasteiger partial charge in [-0.25, -0.2) is 0 Å². The molecular formula is C15H20N2O2. The van der Waals surface area contributed by atoms with Gasteiger partial charge in [-0.3, -0.25) is 4.79 Å². The molecule has 1 heterocycles. The summed E-state index contributed by atoms with van der Waals surface area (Å²) in [5, 5.41) is 12.7. The van der Waals surface area contributed by atoms with Crippen molar-refractivity contribution in [1.29, 1.82) is 0 Å². The summed E-state index contributed by atoms with van der Waals surface area (Å²) in [5.74, 6) is -0.454. The fourth-order valence-corrected chi connectivity index (χ4v) is 3.21. The van der Waals surface area contributed by atoms with Crippen LogP contribution >= 0.6 is 0 Å². The van der Waals surface area contributed by atoms with Gasteiger partial charge in [0, 0.05) is 18.8 Å². The number of carboxylic acids is 1. The number of carboxylic acid groups (broad SMARTS) is 1. The van der Waals surface area contributed by atoms with E-state index in [0.29, 0.717) is 6.54 Å². The number of hydrogen-bond donors (Lipinski definition) is 2. The standard InChI is InChI=1S/C15H20N2O2/c1-16-15(14(18)19,12-6-7-12)10-17-9-8-11-4-2-3-5-13(11)17/h2-5,12,16H,6-10H2,1H3,(H,18,19). The van der Waals surface area contributed by atoms with Gasteiger partial charge in [0.15, 0.2) is 0 Å². The lowest BCUT2D eigenvalue weighted by Crippen LogP contribution is -2.59. The van der Waals surface area contributed by atoms with Gasteiger partial charge >= 0.3 is 5.97 Å². The summed E-state index contributed by atoms with van der Waals surface area (Å²) < 4.78 is 0. The van der Waals surface area contributed by atoms with Crippen molar-refractivity contribution in [3.63, 3.8) is 0 Å². The molecule has 0 spiro atoms. The molecule has 0 aromatic heterocycles. The smallest absolute Gasteiger partial charge is 0.326 e. The SMILES string of the molecule is CNC(CN1CCc2ccccc21)(C(=O)O)C1CC1. The summed E-state index contributed by atoms with van der Waals surface area (Å²) in [5.41, 5.74) is 1.73. The molecule has 0 saturated heterocycles. The number of anilines is 1. The summed E-state index contributed by atoms with van der Waals surface area (Å²) in [4.78, 5) is 14.0. The Labute approximate surface area is 113 Å². The molecular weight excluding hydrogens is 240 g/mol. The molecule has 1 aliphatic heterocycles. The van der Waals surface area contributed by atoms with Crippen molar-refractivity contribution in [2.45, 2.75) is 24.8 Å². The highest BCUT2D eigenvalue weighted by atomic mass is 16.4. The first-order valence-corrected chi connectivity index (χ1v) is 6.92. The lowest BCUT2D eigenvalue weighted by molar-refractivity contribution is -0.145. The molecule has 1 unspecified atom stereocenters. The molecule has 1 aliphatic carbocycles. The fourth-order valence-electron chi connectivity index (χ4n) is 3.21. The van der Waals surface area contributed by atoms with E-state index in [2.05, 4.69) is 22.3 Å². The summed E-state index contributed by atoms with van der Waals surface area (Å²) in [6.45, 7) is 1.48. The second-order valence-electron chi connectivity index (χ2n) is 5.60. The number of hydrogen-bond acceptors (Lipinski definition) is 3. The van der Waals surface area contributed by atoms with Crippen LogP contribution in [0, 0.1) is 5.92 Å². The molecule has 0 radical (unpaired) electrons. The molecule has 19 heavy (non-hydrogen) atoms. The molecule has 102 valence electrons. The molecule has 1 aromatic carbocycles. The Hall–Kier alpha value is -1.55. The van der Waals surface area contributed by atoms with Crippen LogP contribution in [0.3, 0.4) is 0 Å². The zero-order valence-electron chi connectivity index (χ0n) is 11.2. The number of aliphatic carboxylic acids is 1. The first kappa shape index (κ1) is 12.5. The van der Waals surface area contributed by atoms with Gasteiger partial charge in [-0.1, -0.05) is 18.2 Å². The van der Waals surface area contributed by atoms with Crippen LogP contribution in [0.4, 0.5) is 5.69 Å². The summed E-state index contributed by atoms with van der Waals surface area (Å²) in [6.07, 6.45) is 3.05. The zero-order chi connectivity index (χ0) is 13.5. The minimum absolute atomic E-state index is 0.266. The predicted octanol–water partition coefficient (Wildman–Crippen LogP) is 1.50. The molecule has 0 amide bonds. The Kier molecular flexibility index (Phi) is 2.97. The highest BCUT2D eigenvalue weighted by molar-refractivity contribution is 5.81. The van der Waals surface area contributed by atoms with E-state index in [-0.39, 0.29) is 5.92 Å². The van der Waals surface area contributed by atoms with E-state index >= 15 is 0 Å². The van der Waals surface area contributed by atoms with Crippen LogP contribution in [-0.4, -0.2) is 36.8 Å². The maximum Gasteiger partial charge on any atom is 0.326 e. The zero-order valence-corrected chi connectivity index (χ0v) is 11.2. The largest absolute Gasteiger partial charge is 0.480 e. The Morgan fingerprint density at radius 2 is 2.21 bits per heavy atom. The van der Waals surface area contributed by atoms with Gasteiger partial charge in [-0.05, 0) is 43.9 Å². The highest BCUT2D eigenvalue weighted by Crippen LogP contribution is 2.41. The van der Waals surface area contributed by atoms with Crippen LogP contribution < -0.4 is 10.2 Å². The first-order chi connectivity index (χ1) is 9.17. The van der Waals surface area contributed by atoms with E-state index in [1.807, 2.05) is 12.1 Å². The van der Waals surface area contributed by atoms with Crippen molar-refractivity contribution in [1.82, 2.24) is 5.32 Å². The van der Waals surface area contributed by atoms with E-state index in [1.54, 1.807) is 7.05 Å². The van der Waals surface area contributed by atoms with E-state index in [9.17, 15) is 9.90 Å². The molecule has 3 rings (SSSR count). The van der Waals surface area contributed by atoms with Crippen LogP contribution in [0.1, 0.15) is 18.4 Å². The normalized spacial score (nSPS) is 21.0. The van der Waals surface area contributed by atoms with Crippen LogP contribution in [0.2, 0.25) is 0 Å². The van der Waals surface area contributed by atoms with Gasteiger partial charge in [0.1, 0.15) is 5.54 Å². The number of likely N-dealkylation sites (N-methyl/N-ethyl adjacent to an activating group) is 1. The molecule has 1 aromatic rings. The number of nitrogens with one attached hydrogen (secondary N) is 1. The number of benzene rings is 1. The maximum absolute atomic E-state index is 11.7. The van der Waals surface area contributed by atoms with Crippen LogP contribution in [0.25, 0.3) is 0 Å². The van der Waals surface area contributed by atoms with Crippen LogP contribution in [0.5, 0.6) is 0 Å². The van der Waals surface area contributed by atoms with Gasteiger partial charge in [-0.15, -0.1) is 0 Å². The molecule has 1 atom stereocenters. The van der Waals surface area contributed by atoms with E-state index in [4.69, 9.17) is 0 Å². The van der Waals surface area contributed by atoms with Crippen molar-refractivity contribution in [3.8, 4) is 0 Å². The predicted molar refractivity (Wildman–Crippen MR) is 74.5 cm³/mol. The van der Waals surface area contributed by atoms with Gasteiger partial charge in [0.05, 0.1) is 0 Å². The Bertz CT molecular complexity index is 499. The van der Waals surface area contributed by atoms with Gasteiger partial charge < -0.3 is 15.3 Å². The minimum atomic E-state index is -0.794. The summed E-state index contributed by atoms with van der Waals surface area (Å²) in [6, 6.07) is 8.30. The molecule has 2 aliphatic rings. The lowest BCUT2D eigenvalue weighted by atomic mass is 9.92. The first-order valence-electron chi connectivity index (χ1n) is 6.92. The molecule has 0 bridgehead atoms. The Morgan fingerprint density at radius 1 is 1.47 bits per heavy atom. The van der Waals surface area contributed by atoms with Crippen molar-refractivity contribution in [3.05, 3.63) is 29.8 Å². The van der Waals surface area contributed by atoms with Gasteiger partial charge in [0.2, 0.25) is 0 Å². The quantitative estimate of drug-likeness (QED) is 0.842. The van der Waals surface area contributed by atoms with Gasteiger partial charge in [0.25, 0.3) is 0 Å². The summed E-state index contributed by atoms with van der Waals surface area (Å²) >= 11 is 0. The van der Waals surface area contributed by atoms with E-state index in [1.165, 1.54) is 11.3 Å². The topological polar surface area (TPSA) is 52.6 Å². The molecule has 2 N–H and O–H groups in total. The summed E-state index contributed by atoms with van der Waals surface area (Å²) in [7, 11) is 1.77. The lowest BCUT2D eigenvalue weighted by Gasteiger charge is -2.34. The second kappa shape index (κ2) is 4.53. The van der Waals surface area contributed by atoms with E-state index < -0.39 is 11.5 Å². The highest BCUT2D eigenvalue weighted by Gasteiger charge is 2.51. The van der Waals surface area contributed by atoms with Crippen molar-refractivity contribution < 1.29 is 9.90 Å². The maximum atomic E-state index is 11.7. The molecule has 4 nitrogen and oxygen atoms in total. The number of nitrogens with zero attached hydrogens (tertiary/aromatic N) is 1. The van der Waals surface area contributed by atoms with Crippen molar-refractivity contribution >= 4 is 11.7 Å². The third-order valence-corrected chi connectivity index (χ3v) is 4.53. The fraction of sp³-hybridized carbons (Fsp3) is 0.533. The third kappa shape index (κ3) is 2.00. The number of rotatable bonds is 5. The molecule has 1 saturated carbocycles. The average Bonchev–Trinajstić information content (AvgIpc) is 3.19. The van der Waals surface area contributed by atoms with Crippen LogP contribution in [0.15, 0.2) is 24.3 Å². The van der Waals surface area contributed by atoms with Gasteiger partial charge in [-0.2, -0.15) is 0 Å². The van der Waals surface area contributed by atoms with Crippen LogP contribution in [-0.2, 0) is 11.2 Å². The van der Waals surface area contributed by atoms with Crippen molar-refractivity contribution in [2.75, 3.05) is 25.0 Å². The second-order valence-corrected chi connectivity index (χ2v) is 5.60. The number of para-hydroxylation sites is 1. The number of fused-ring (bicyclic) bond motifs is 1. The third-order valence-electron chi connectivity index (χ3n) is 4.53. The minimum Gasteiger partial charge on any atom is -0.480 e. The molecule has 4 heteroatoms. The average molecular weight is 260 g/mol.